The van der Waals surface area contributed by atoms with Crippen LogP contribution in [0.3, 0.4) is 0 Å². The summed E-state index contributed by atoms with van der Waals surface area (Å²) in [5.41, 5.74) is 1.13. The van der Waals surface area contributed by atoms with Gasteiger partial charge in [-0.3, -0.25) is 4.79 Å². The fourth-order valence-electron chi connectivity index (χ4n) is 3.75. The van der Waals surface area contributed by atoms with Crippen molar-refractivity contribution in [3.63, 3.8) is 0 Å². The molecule has 2 heterocycles. The molecule has 1 aliphatic heterocycles. The van der Waals surface area contributed by atoms with Crippen LogP contribution in [0.5, 0.6) is 5.75 Å². The van der Waals surface area contributed by atoms with E-state index in [1.165, 1.54) is 30.6 Å². The fourth-order valence-corrected chi connectivity index (χ4v) is 4.62. The second-order valence-corrected chi connectivity index (χ2v) is 7.44. The first-order chi connectivity index (χ1) is 11.3. The molecule has 4 heteroatoms. The maximum atomic E-state index is 12.7. The van der Waals surface area contributed by atoms with Crippen LogP contribution < -0.4 is 10.1 Å². The predicted octanol–water partition coefficient (Wildman–Crippen LogP) is 4.10. The first-order valence-corrected chi connectivity index (χ1v) is 9.27. The second kappa shape index (κ2) is 6.36. The van der Waals surface area contributed by atoms with Crippen LogP contribution in [0, 0.1) is 5.92 Å². The lowest BCUT2D eigenvalue weighted by Crippen LogP contribution is -2.41. The first-order valence-electron chi connectivity index (χ1n) is 8.39. The average molecular weight is 327 g/mol. The molecule has 0 bridgehead atoms. The summed E-state index contributed by atoms with van der Waals surface area (Å²) in [7, 11) is 0. The van der Waals surface area contributed by atoms with Crippen LogP contribution in [-0.4, -0.2) is 12.0 Å². The number of hydrogen-bond donors (Lipinski definition) is 1. The Labute approximate surface area is 140 Å². The molecule has 2 atom stereocenters. The molecule has 1 saturated carbocycles. The highest BCUT2D eigenvalue weighted by Gasteiger charge is 2.33. The van der Waals surface area contributed by atoms with Crippen molar-refractivity contribution in [2.24, 2.45) is 5.92 Å². The molecule has 0 saturated heterocycles. The molecular weight excluding hydrogens is 306 g/mol. The van der Waals surface area contributed by atoms with E-state index >= 15 is 0 Å². The highest BCUT2D eigenvalue weighted by Crippen LogP contribution is 2.38. The van der Waals surface area contributed by atoms with Crippen molar-refractivity contribution in [2.45, 2.75) is 44.2 Å². The number of benzene rings is 1. The van der Waals surface area contributed by atoms with Crippen molar-refractivity contribution in [1.82, 2.24) is 5.32 Å². The highest BCUT2D eigenvalue weighted by molar-refractivity contribution is 7.10. The Hall–Kier alpha value is -1.81. The number of thiophene rings is 1. The lowest BCUT2D eigenvalue weighted by atomic mass is 9.96. The lowest BCUT2D eigenvalue weighted by molar-refractivity contribution is -0.128. The van der Waals surface area contributed by atoms with Gasteiger partial charge in [-0.2, -0.15) is 0 Å². The summed E-state index contributed by atoms with van der Waals surface area (Å²) in [5, 5.41) is 5.37. The molecule has 23 heavy (non-hydrogen) atoms. The number of fused-ring (bicyclic) bond motifs is 1. The van der Waals surface area contributed by atoms with E-state index in [4.69, 9.17) is 4.74 Å². The topological polar surface area (TPSA) is 38.3 Å². The number of para-hydroxylation sites is 1. The van der Waals surface area contributed by atoms with Crippen molar-refractivity contribution in [2.75, 3.05) is 0 Å². The van der Waals surface area contributed by atoms with Crippen molar-refractivity contribution >= 4 is 17.2 Å². The molecule has 120 valence electrons. The average Bonchev–Trinajstić information content (AvgIpc) is 3.33. The summed E-state index contributed by atoms with van der Waals surface area (Å²) in [5.74, 6) is 1.43. The number of amides is 1. The van der Waals surface area contributed by atoms with Gasteiger partial charge in [-0.1, -0.05) is 37.1 Å². The lowest BCUT2D eigenvalue weighted by Gasteiger charge is -2.25. The van der Waals surface area contributed by atoms with Crippen LogP contribution in [0.2, 0.25) is 0 Å². The molecule has 0 unspecified atom stereocenters. The van der Waals surface area contributed by atoms with Gasteiger partial charge in [-0.25, -0.2) is 0 Å². The fraction of sp³-hybridized carbons (Fsp3) is 0.421. The summed E-state index contributed by atoms with van der Waals surface area (Å²) in [4.78, 5) is 14.0. The number of carbonyl (C=O) groups excluding carboxylic acids is 1. The summed E-state index contributed by atoms with van der Waals surface area (Å²) in [6.07, 6.45) is 5.23. The maximum Gasteiger partial charge on any atom is 0.261 e. The molecule has 4 rings (SSSR count). The minimum absolute atomic E-state index is 0.0199. The minimum atomic E-state index is -0.392. The summed E-state index contributed by atoms with van der Waals surface area (Å²) in [6, 6.07) is 12.3. The third kappa shape index (κ3) is 3.00. The van der Waals surface area contributed by atoms with Crippen molar-refractivity contribution < 1.29 is 9.53 Å². The number of hydrogen-bond acceptors (Lipinski definition) is 3. The smallest absolute Gasteiger partial charge is 0.261 e. The molecule has 2 aliphatic rings. The van der Waals surface area contributed by atoms with Gasteiger partial charge in [0.2, 0.25) is 0 Å². The van der Waals surface area contributed by atoms with Gasteiger partial charge in [0, 0.05) is 11.3 Å². The number of nitrogens with one attached hydrogen (secondary N) is 1. The molecular formula is C19H21NO2S. The Morgan fingerprint density at radius 3 is 2.74 bits per heavy atom. The number of rotatable bonds is 4. The molecule has 3 nitrogen and oxygen atoms in total. The van der Waals surface area contributed by atoms with E-state index in [1.54, 1.807) is 11.3 Å². The van der Waals surface area contributed by atoms with Gasteiger partial charge in [0.15, 0.2) is 6.10 Å². The summed E-state index contributed by atoms with van der Waals surface area (Å²) >= 11 is 1.73. The monoisotopic (exact) mass is 327 g/mol. The van der Waals surface area contributed by atoms with Crippen molar-refractivity contribution in [3.8, 4) is 5.75 Å². The predicted molar refractivity (Wildman–Crippen MR) is 91.7 cm³/mol. The van der Waals surface area contributed by atoms with Gasteiger partial charge in [0.25, 0.3) is 5.91 Å². The van der Waals surface area contributed by atoms with Gasteiger partial charge < -0.3 is 10.1 Å². The standard InChI is InChI=1S/C19H21NO2S/c21-19(16-12-14-8-3-4-9-15(14)22-16)20-18(13-6-1-2-7-13)17-10-5-11-23-17/h3-5,8-11,13,16,18H,1-2,6-7,12H2,(H,20,21)/t16-,18+/m1/s1. The molecule has 1 N–H and O–H groups in total. The normalized spacial score (nSPS) is 21.7. The van der Waals surface area contributed by atoms with Gasteiger partial charge in [0.05, 0.1) is 6.04 Å². The van der Waals surface area contributed by atoms with Gasteiger partial charge in [-0.05, 0) is 41.8 Å². The molecule has 1 amide bonds. The number of ether oxygens (including phenoxy) is 1. The third-order valence-electron chi connectivity index (χ3n) is 4.96. The Morgan fingerprint density at radius 2 is 2.00 bits per heavy atom. The van der Waals surface area contributed by atoms with Crippen LogP contribution in [0.1, 0.15) is 42.2 Å². The third-order valence-corrected chi connectivity index (χ3v) is 5.91. The zero-order valence-electron chi connectivity index (χ0n) is 13.0. The van der Waals surface area contributed by atoms with Crippen LogP contribution >= 0.6 is 11.3 Å². The van der Waals surface area contributed by atoms with Gasteiger partial charge in [0.1, 0.15) is 5.75 Å². The molecule has 0 radical (unpaired) electrons. The SMILES string of the molecule is O=C(N[C@H](c1cccs1)C1CCCC1)[C@H]1Cc2ccccc2O1. The maximum absolute atomic E-state index is 12.7. The van der Waals surface area contributed by atoms with E-state index < -0.39 is 6.10 Å². The molecule has 1 fully saturated rings. The Kier molecular flexibility index (Phi) is 4.08. The van der Waals surface area contributed by atoms with Crippen LogP contribution in [-0.2, 0) is 11.2 Å². The van der Waals surface area contributed by atoms with E-state index in [-0.39, 0.29) is 11.9 Å². The van der Waals surface area contributed by atoms with Crippen LogP contribution in [0.25, 0.3) is 0 Å². The van der Waals surface area contributed by atoms with Crippen molar-refractivity contribution in [1.29, 1.82) is 0 Å². The van der Waals surface area contributed by atoms with Crippen LogP contribution in [0.4, 0.5) is 0 Å². The van der Waals surface area contributed by atoms with Gasteiger partial charge >= 0.3 is 0 Å². The summed E-state index contributed by atoms with van der Waals surface area (Å²) in [6.45, 7) is 0. The Morgan fingerprint density at radius 1 is 1.17 bits per heavy atom. The molecule has 1 aromatic heterocycles. The van der Waals surface area contributed by atoms with Crippen LogP contribution in [0.15, 0.2) is 41.8 Å². The Bertz CT molecular complexity index is 651. The zero-order valence-corrected chi connectivity index (χ0v) is 13.9. The van der Waals surface area contributed by atoms with E-state index in [0.29, 0.717) is 12.3 Å². The van der Waals surface area contributed by atoms with E-state index in [1.807, 2.05) is 24.3 Å². The molecule has 1 aromatic carbocycles. The van der Waals surface area contributed by atoms with E-state index in [0.717, 1.165) is 11.3 Å². The molecule has 0 spiro atoms. The van der Waals surface area contributed by atoms with Crippen molar-refractivity contribution in [3.05, 3.63) is 52.2 Å². The zero-order chi connectivity index (χ0) is 15.6. The Balaban J connectivity index is 1.48. The molecule has 1 aliphatic carbocycles. The quantitative estimate of drug-likeness (QED) is 0.918. The first kappa shape index (κ1) is 14.8. The van der Waals surface area contributed by atoms with Gasteiger partial charge in [-0.15, -0.1) is 11.3 Å². The van der Waals surface area contributed by atoms with E-state index in [2.05, 4.69) is 22.8 Å². The number of carbonyl (C=O) groups is 1. The van der Waals surface area contributed by atoms with E-state index in [9.17, 15) is 4.79 Å². The largest absolute Gasteiger partial charge is 0.480 e. The minimum Gasteiger partial charge on any atom is -0.480 e. The summed E-state index contributed by atoms with van der Waals surface area (Å²) < 4.78 is 5.84. The second-order valence-electron chi connectivity index (χ2n) is 6.46. The highest BCUT2D eigenvalue weighted by atomic mass is 32.1. The molecule has 2 aromatic rings.